The van der Waals surface area contributed by atoms with Crippen molar-refractivity contribution in [3.8, 4) is 0 Å². The molecule has 1 aromatic heterocycles. The number of nitrogens with zero attached hydrogens (tertiary/aromatic N) is 5. The molecule has 2 aliphatic rings. The monoisotopic (exact) mass is 333 g/mol. The van der Waals surface area contributed by atoms with Crippen LogP contribution >= 0.6 is 0 Å². The lowest BCUT2D eigenvalue weighted by Gasteiger charge is -2.34. The molecule has 2 fully saturated rings. The van der Waals surface area contributed by atoms with Gasteiger partial charge in [0.2, 0.25) is 11.9 Å². The standard InChI is InChI=1S/C17H27N5O2/c1-20(2)16(23)14-12-21(15-4-10-24-11-5-15)8-9-22(13-14)17-18-6-3-7-19-17/h3,6-7,14-15H,4-5,8-13H2,1-2H3/t14-/m1/s1. The van der Waals surface area contributed by atoms with Crippen LogP contribution in [0.5, 0.6) is 0 Å². The number of anilines is 1. The van der Waals surface area contributed by atoms with Crippen LogP contribution in [0.25, 0.3) is 0 Å². The van der Waals surface area contributed by atoms with Crippen LogP contribution in [-0.4, -0.2) is 85.2 Å². The maximum absolute atomic E-state index is 12.7. The lowest BCUT2D eigenvalue weighted by Crippen LogP contribution is -2.45. The molecule has 1 atom stereocenters. The van der Waals surface area contributed by atoms with Gasteiger partial charge < -0.3 is 14.5 Å². The average molecular weight is 333 g/mol. The summed E-state index contributed by atoms with van der Waals surface area (Å²) in [4.78, 5) is 27.7. The highest BCUT2D eigenvalue weighted by molar-refractivity contribution is 5.79. The molecular formula is C17H27N5O2. The molecule has 7 heteroatoms. The second kappa shape index (κ2) is 7.90. The zero-order chi connectivity index (χ0) is 16.9. The van der Waals surface area contributed by atoms with E-state index in [-0.39, 0.29) is 11.8 Å². The molecule has 1 aromatic rings. The quantitative estimate of drug-likeness (QED) is 0.802. The van der Waals surface area contributed by atoms with E-state index < -0.39 is 0 Å². The fourth-order valence-electron chi connectivity index (χ4n) is 3.58. The highest BCUT2D eigenvalue weighted by atomic mass is 16.5. The van der Waals surface area contributed by atoms with Crippen LogP contribution in [0.2, 0.25) is 0 Å². The van der Waals surface area contributed by atoms with Gasteiger partial charge in [-0.3, -0.25) is 9.69 Å². The van der Waals surface area contributed by atoms with Crippen molar-refractivity contribution < 1.29 is 9.53 Å². The molecule has 0 radical (unpaired) electrons. The number of ether oxygens (including phenoxy) is 1. The lowest BCUT2D eigenvalue weighted by molar-refractivity contribution is -0.133. The molecule has 3 rings (SSSR count). The third kappa shape index (κ3) is 4.02. The van der Waals surface area contributed by atoms with Gasteiger partial charge in [0.05, 0.1) is 5.92 Å². The van der Waals surface area contributed by atoms with Gasteiger partial charge in [0.25, 0.3) is 0 Å². The van der Waals surface area contributed by atoms with E-state index in [1.165, 1.54) is 0 Å². The van der Waals surface area contributed by atoms with Gasteiger partial charge >= 0.3 is 0 Å². The Hall–Kier alpha value is -1.73. The topological polar surface area (TPSA) is 61.8 Å². The summed E-state index contributed by atoms with van der Waals surface area (Å²) in [5.74, 6) is 0.826. The van der Waals surface area contributed by atoms with Crippen LogP contribution in [0.3, 0.4) is 0 Å². The fourth-order valence-corrected chi connectivity index (χ4v) is 3.58. The molecule has 24 heavy (non-hydrogen) atoms. The second-order valence-corrected chi connectivity index (χ2v) is 6.76. The number of carbonyl (C=O) groups excluding carboxylic acids is 1. The van der Waals surface area contributed by atoms with Crippen molar-refractivity contribution in [1.29, 1.82) is 0 Å². The first-order valence-corrected chi connectivity index (χ1v) is 8.70. The Kier molecular flexibility index (Phi) is 5.63. The van der Waals surface area contributed by atoms with Crippen LogP contribution < -0.4 is 4.90 Å². The van der Waals surface area contributed by atoms with Gasteiger partial charge in [-0.2, -0.15) is 0 Å². The largest absolute Gasteiger partial charge is 0.381 e. The SMILES string of the molecule is CN(C)C(=O)[C@H]1CN(c2ncccn2)CCN(C2CCOCC2)C1. The van der Waals surface area contributed by atoms with Gasteiger partial charge in [-0.15, -0.1) is 0 Å². The fraction of sp³-hybridized carbons (Fsp3) is 0.706. The number of aromatic nitrogens is 2. The van der Waals surface area contributed by atoms with E-state index in [4.69, 9.17) is 4.74 Å². The molecule has 2 saturated heterocycles. The zero-order valence-corrected chi connectivity index (χ0v) is 14.6. The van der Waals surface area contributed by atoms with Gasteiger partial charge in [0, 0.05) is 71.9 Å². The minimum absolute atomic E-state index is 0.0610. The summed E-state index contributed by atoms with van der Waals surface area (Å²) in [6, 6.07) is 2.32. The summed E-state index contributed by atoms with van der Waals surface area (Å²) in [5.41, 5.74) is 0. The van der Waals surface area contributed by atoms with E-state index in [1.807, 2.05) is 20.2 Å². The van der Waals surface area contributed by atoms with E-state index in [9.17, 15) is 4.79 Å². The minimum atomic E-state index is -0.0610. The van der Waals surface area contributed by atoms with Crippen LogP contribution in [0.1, 0.15) is 12.8 Å². The van der Waals surface area contributed by atoms with E-state index in [0.29, 0.717) is 18.5 Å². The van der Waals surface area contributed by atoms with Gasteiger partial charge in [0.15, 0.2) is 0 Å². The summed E-state index contributed by atoms with van der Waals surface area (Å²) in [6.07, 6.45) is 5.61. The van der Waals surface area contributed by atoms with Gasteiger partial charge in [-0.05, 0) is 18.9 Å². The highest BCUT2D eigenvalue weighted by Gasteiger charge is 2.33. The van der Waals surface area contributed by atoms with Crippen molar-refractivity contribution in [1.82, 2.24) is 19.8 Å². The van der Waals surface area contributed by atoms with Crippen LogP contribution in [0.15, 0.2) is 18.5 Å². The Morgan fingerprint density at radius 2 is 1.88 bits per heavy atom. The molecule has 132 valence electrons. The third-order valence-corrected chi connectivity index (χ3v) is 4.89. The first-order valence-electron chi connectivity index (χ1n) is 8.70. The van der Waals surface area contributed by atoms with Crippen molar-refractivity contribution >= 4 is 11.9 Å². The van der Waals surface area contributed by atoms with Crippen molar-refractivity contribution in [3.05, 3.63) is 18.5 Å². The predicted octanol–water partition coefficient (Wildman–Crippen LogP) is 0.482. The summed E-state index contributed by atoms with van der Waals surface area (Å²) >= 11 is 0. The summed E-state index contributed by atoms with van der Waals surface area (Å²) in [5, 5.41) is 0. The maximum atomic E-state index is 12.7. The highest BCUT2D eigenvalue weighted by Crippen LogP contribution is 2.21. The Morgan fingerprint density at radius 3 is 2.54 bits per heavy atom. The Morgan fingerprint density at radius 1 is 1.17 bits per heavy atom. The lowest BCUT2D eigenvalue weighted by atomic mass is 10.0. The summed E-state index contributed by atoms with van der Waals surface area (Å²) in [6.45, 7) is 4.88. The molecule has 0 saturated carbocycles. The molecule has 0 spiro atoms. The van der Waals surface area contributed by atoms with E-state index in [0.717, 1.165) is 45.7 Å². The molecule has 1 amide bonds. The number of hydrogen-bond acceptors (Lipinski definition) is 6. The molecule has 0 aliphatic carbocycles. The van der Waals surface area contributed by atoms with Crippen molar-refractivity contribution in [2.24, 2.45) is 5.92 Å². The van der Waals surface area contributed by atoms with Gasteiger partial charge in [0.1, 0.15) is 0 Å². The maximum Gasteiger partial charge on any atom is 0.228 e. The molecule has 7 nitrogen and oxygen atoms in total. The zero-order valence-electron chi connectivity index (χ0n) is 14.6. The summed E-state index contributed by atoms with van der Waals surface area (Å²) < 4.78 is 5.49. The van der Waals surface area contributed by atoms with Crippen LogP contribution in [0, 0.1) is 5.92 Å². The molecule has 0 bridgehead atoms. The van der Waals surface area contributed by atoms with Crippen LogP contribution in [0.4, 0.5) is 5.95 Å². The Bertz CT molecular complexity index is 533. The predicted molar refractivity (Wildman–Crippen MR) is 91.8 cm³/mol. The minimum Gasteiger partial charge on any atom is -0.381 e. The van der Waals surface area contributed by atoms with Gasteiger partial charge in [-0.1, -0.05) is 0 Å². The van der Waals surface area contributed by atoms with E-state index in [2.05, 4.69) is 19.8 Å². The second-order valence-electron chi connectivity index (χ2n) is 6.76. The van der Waals surface area contributed by atoms with Gasteiger partial charge in [-0.25, -0.2) is 9.97 Å². The molecular weight excluding hydrogens is 306 g/mol. The molecule has 0 unspecified atom stereocenters. The molecule has 2 aliphatic heterocycles. The number of amides is 1. The number of hydrogen-bond donors (Lipinski definition) is 0. The van der Waals surface area contributed by atoms with E-state index >= 15 is 0 Å². The van der Waals surface area contributed by atoms with Crippen molar-refractivity contribution in [2.75, 3.05) is 58.4 Å². The smallest absolute Gasteiger partial charge is 0.228 e. The summed E-state index contributed by atoms with van der Waals surface area (Å²) in [7, 11) is 3.66. The molecule has 0 N–H and O–H groups in total. The Labute approximate surface area is 143 Å². The molecule has 3 heterocycles. The average Bonchev–Trinajstić information content (AvgIpc) is 2.86. The normalized spacial score (nSPS) is 23.8. The molecule has 0 aromatic carbocycles. The van der Waals surface area contributed by atoms with Crippen molar-refractivity contribution in [3.63, 3.8) is 0 Å². The first kappa shape index (κ1) is 17.1. The Balaban J connectivity index is 1.77. The van der Waals surface area contributed by atoms with E-state index in [1.54, 1.807) is 17.3 Å². The number of carbonyl (C=O) groups is 1. The van der Waals surface area contributed by atoms with Crippen molar-refractivity contribution in [2.45, 2.75) is 18.9 Å². The van der Waals surface area contributed by atoms with Crippen LogP contribution in [-0.2, 0) is 9.53 Å². The number of rotatable bonds is 3. The first-order chi connectivity index (χ1) is 11.6. The third-order valence-electron chi connectivity index (χ3n) is 4.89.